The molecule has 0 aliphatic heterocycles. The summed E-state index contributed by atoms with van der Waals surface area (Å²) < 4.78 is 10.7. The van der Waals surface area contributed by atoms with Crippen LogP contribution in [0.5, 0.6) is 5.75 Å². The molecule has 0 aliphatic rings. The molecule has 0 fully saturated rings. The van der Waals surface area contributed by atoms with Crippen LogP contribution in [0.2, 0.25) is 0 Å². The average Bonchev–Trinajstić information content (AvgIpc) is 2.55. The molecular formula is C16H27N3O2S. The molecule has 1 aromatic carbocycles. The van der Waals surface area contributed by atoms with E-state index in [0.717, 1.165) is 30.4 Å². The Kier molecular flexibility index (Phi) is 9.50. The quantitative estimate of drug-likeness (QED) is 0.415. The van der Waals surface area contributed by atoms with E-state index >= 15 is 0 Å². The first-order chi connectivity index (χ1) is 10.7. The van der Waals surface area contributed by atoms with Gasteiger partial charge in [-0.2, -0.15) is 11.8 Å². The number of guanidine groups is 1. The first-order valence-electron chi connectivity index (χ1n) is 7.42. The Morgan fingerprint density at radius 1 is 1.36 bits per heavy atom. The van der Waals surface area contributed by atoms with Crippen molar-refractivity contribution < 1.29 is 9.47 Å². The zero-order valence-electron chi connectivity index (χ0n) is 13.9. The van der Waals surface area contributed by atoms with E-state index in [1.165, 1.54) is 0 Å². The first-order valence-corrected chi connectivity index (χ1v) is 8.70. The standard InChI is InChI=1S/C16H27N3O2S/c1-13(22-4)12-18-16(17-2)19-14-7-5-8-15(11-14)21-10-6-9-20-3/h5,7-8,11,13H,6,9-10,12H2,1-4H3,(H2,17,18,19). The number of anilines is 1. The molecule has 2 N–H and O–H groups in total. The van der Waals surface area contributed by atoms with Gasteiger partial charge in [0.05, 0.1) is 6.61 Å². The van der Waals surface area contributed by atoms with Gasteiger partial charge in [-0.1, -0.05) is 13.0 Å². The molecule has 0 aromatic heterocycles. The predicted octanol–water partition coefficient (Wildman–Crippen LogP) is 2.84. The van der Waals surface area contributed by atoms with E-state index in [2.05, 4.69) is 28.8 Å². The molecule has 0 amide bonds. The molecular weight excluding hydrogens is 298 g/mol. The van der Waals surface area contributed by atoms with Gasteiger partial charge in [0, 0.05) is 50.7 Å². The Labute approximate surface area is 137 Å². The number of nitrogens with zero attached hydrogens (tertiary/aromatic N) is 1. The fourth-order valence-corrected chi connectivity index (χ4v) is 1.95. The lowest BCUT2D eigenvalue weighted by Crippen LogP contribution is -2.34. The number of aliphatic imine (C=N–C) groups is 1. The van der Waals surface area contributed by atoms with Crippen LogP contribution < -0.4 is 15.4 Å². The summed E-state index contributed by atoms with van der Waals surface area (Å²) in [6, 6.07) is 7.88. The molecule has 0 bridgehead atoms. The number of benzene rings is 1. The summed E-state index contributed by atoms with van der Waals surface area (Å²) in [6.07, 6.45) is 2.98. The minimum atomic E-state index is 0.536. The fourth-order valence-electron chi connectivity index (χ4n) is 1.70. The van der Waals surface area contributed by atoms with E-state index < -0.39 is 0 Å². The fraction of sp³-hybridized carbons (Fsp3) is 0.562. The van der Waals surface area contributed by atoms with Crippen molar-refractivity contribution in [1.29, 1.82) is 0 Å². The lowest BCUT2D eigenvalue weighted by molar-refractivity contribution is 0.172. The Morgan fingerprint density at radius 3 is 2.86 bits per heavy atom. The smallest absolute Gasteiger partial charge is 0.195 e. The Bertz CT molecular complexity index is 455. The zero-order chi connectivity index (χ0) is 16.2. The van der Waals surface area contributed by atoms with Crippen molar-refractivity contribution in [2.24, 2.45) is 4.99 Å². The molecule has 1 rings (SSSR count). The largest absolute Gasteiger partial charge is 0.493 e. The molecule has 5 nitrogen and oxygen atoms in total. The highest BCUT2D eigenvalue weighted by Gasteiger charge is 2.03. The number of ether oxygens (including phenoxy) is 2. The minimum absolute atomic E-state index is 0.536. The SMILES string of the molecule is CN=C(NCC(C)SC)Nc1cccc(OCCCOC)c1. The lowest BCUT2D eigenvalue weighted by Gasteiger charge is -2.15. The summed E-state index contributed by atoms with van der Waals surface area (Å²) in [5.41, 5.74) is 0.953. The van der Waals surface area contributed by atoms with Gasteiger partial charge in [-0.05, 0) is 18.4 Å². The third kappa shape index (κ3) is 7.56. The van der Waals surface area contributed by atoms with Crippen LogP contribution in [0, 0.1) is 0 Å². The van der Waals surface area contributed by atoms with Crippen molar-refractivity contribution in [3.63, 3.8) is 0 Å². The molecule has 0 saturated carbocycles. The monoisotopic (exact) mass is 325 g/mol. The molecule has 0 spiro atoms. The van der Waals surface area contributed by atoms with Crippen molar-refractivity contribution in [1.82, 2.24) is 5.32 Å². The van der Waals surface area contributed by atoms with Gasteiger partial charge in [-0.25, -0.2) is 0 Å². The van der Waals surface area contributed by atoms with Gasteiger partial charge >= 0.3 is 0 Å². The van der Waals surface area contributed by atoms with Crippen molar-refractivity contribution >= 4 is 23.4 Å². The highest BCUT2D eigenvalue weighted by molar-refractivity contribution is 7.99. The van der Waals surface area contributed by atoms with Gasteiger partial charge in [0.1, 0.15) is 5.75 Å². The molecule has 1 aromatic rings. The second-order valence-electron chi connectivity index (χ2n) is 4.85. The van der Waals surface area contributed by atoms with Gasteiger partial charge in [0.25, 0.3) is 0 Å². The molecule has 1 unspecified atom stereocenters. The van der Waals surface area contributed by atoms with Crippen LogP contribution in [0.25, 0.3) is 0 Å². The number of hydrogen-bond acceptors (Lipinski definition) is 4. The second kappa shape index (κ2) is 11.2. The van der Waals surface area contributed by atoms with Gasteiger partial charge in [0.15, 0.2) is 5.96 Å². The van der Waals surface area contributed by atoms with Crippen molar-refractivity contribution in [3.8, 4) is 5.75 Å². The topological polar surface area (TPSA) is 54.9 Å². The Balaban J connectivity index is 2.49. The van der Waals surface area contributed by atoms with Crippen LogP contribution in [-0.4, -0.2) is 51.4 Å². The van der Waals surface area contributed by atoms with E-state index in [9.17, 15) is 0 Å². The highest BCUT2D eigenvalue weighted by atomic mass is 32.2. The number of rotatable bonds is 9. The third-order valence-electron chi connectivity index (χ3n) is 3.04. The summed E-state index contributed by atoms with van der Waals surface area (Å²) in [6.45, 7) is 4.41. The van der Waals surface area contributed by atoms with E-state index in [-0.39, 0.29) is 0 Å². The summed E-state index contributed by atoms with van der Waals surface area (Å²) in [7, 11) is 3.46. The maximum Gasteiger partial charge on any atom is 0.195 e. The van der Waals surface area contributed by atoms with Crippen LogP contribution in [0.1, 0.15) is 13.3 Å². The lowest BCUT2D eigenvalue weighted by atomic mass is 10.3. The molecule has 0 radical (unpaired) electrons. The highest BCUT2D eigenvalue weighted by Crippen LogP contribution is 2.17. The van der Waals surface area contributed by atoms with Crippen molar-refractivity contribution in [2.45, 2.75) is 18.6 Å². The van der Waals surface area contributed by atoms with Crippen LogP contribution in [0.4, 0.5) is 5.69 Å². The maximum atomic E-state index is 5.70. The molecule has 1 atom stereocenters. The van der Waals surface area contributed by atoms with Gasteiger partial charge in [-0.3, -0.25) is 4.99 Å². The number of thioether (sulfide) groups is 1. The normalized spacial score (nSPS) is 12.8. The Morgan fingerprint density at radius 2 is 2.18 bits per heavy atom. The predicted molar refractivity (Wildman–Crippen MR) is 96.4 cm³/mol. The van der Waals surface area contributed by atoms with Crippen LogP contribution >= 0.6 is 11.8 Å². The Hall–Kier alpha value is -1.40. The number of hydrogen-bond donors (Lipinski definition) is 2. The maximum absolute atomic E-state index is 5.70. The van der Waals surface area contributed by atoms with E-state index in [0.29, 0.717) is 18.5 Å². The molecule has 0 aliphatic carbocycles. The summed E-state index contributed by atoms with van der Waals surface area (Å²) in [5.74, 6) is 1.60. The molecule has 0 saturated heterocycles. The van der Waals surface area contributed by atoms with Gasteiger partial charge < -0.3 is 20.1 Å². The molecule has 6 heteroatoms. The van der Waals surface area contributed by atoms with Gasteiger partial charge in [-0.15, -0.1) is 0 Å². The van der Waals surface area contributed by atoms with Crippen molar-refractivity contribution in [2.75, 3.05) is 45.5 Å². The summed E-state index contributed by atoms with van der Waals surface area (Å²) >= 11 is 1.82. The minimum Gasteiger partial charge on any atom is -0.493 e. The summed E-state index contributed by atoms with van der Waals surface area (Å²) in [4.78, 5) is 4.23. The zero-order valence-corrected chi connectivity index (χ0v) is 14.7. The van der Waals surface area contributed by atoms with Crippen molar-refractivity contribution in [3.05, 3.63) is 24.3 Å². The second-order valence-corrected chi connectivity index (χ2v) is 6.12. The van der Waals surface area contributed by atoms with E-state index in [1.807, 2.05) is 36.0 Å². The van der Waals surface area contributed by atoms with Crippen LogP contribution in [0.15, 0.2) is 29.3 Å². The molecule has 22 heavy (non-hydrogen) atoms. The third-order valence-corrected chi connectivity index (χ3v) is 4.01. The van der Waals surface area contributed by atoms with Gasteiger partial charge in [0.2, 0.25) is 0 Å². The molecule has 124 valence electrons. The van der Waals surface area contributed by atoms with Crippen LogP contribution in [-0.2, 0) is 4.74 Å². The summed E-state index contributed by atoms with van der Waals surface area (Å²) in [5, 5.41) is 7.12. The first kappa shape index (κ1) is 18.6. The molecule has 0 heterocycles. The van der Waals surface area contributed by atoms with E-state index in [1.54, 1.807) is 14.2 Å². The average molecular weight is 325 g/mol. The van der Waals surface area contributed by atoms with Crippen LogP contribution in [0.3, 0.4) is 0 Å². The number of methoxy groups -OCH3 is 1. The van der Waals surface area contributed by atoms with E-state index in [4.69, 9.17) is 9.47 Å². The number of nitrogens with one attached hydrogen (secondary N) is 2.